The Hall–Kier alpha value is -1.93. The van der Waals surface area contributed by atoms with Gasteiger partial charge < -0.3 is 9.16 Å². The highest BCUT2D eigenvalue weighted by Gasteiger charge is 2.40. The van der Waals surface area contributed by atoms with Gasteiger partial charge in [-0.1, -0.05) is 62.9 Å². The van der Waals surface area contributed by atoms with Crippen LogP contribution in [0.1, 0.15) is 38.8 Å². The highest BCUT2D eigenvalue weighted by atomic mass is 28.4. The minimum Gasteiger partial charge on any atom is -0.401 e. The first kappa shape index (κ1) is 21.4. The highest BCUT2D eigenvalue weighted by Crippen LogP contribution is 2.37. The lowest BCUT2D eigenvalue weighted by Crippen LogP contribution is -2.46. The van der Waals surface area contributed by atoms with Crippen molar-refractivity contribution in [2.45, 2.75) is 64.6 Å². The van der Waals surface area contributed by atoms with Gasteiger partial charge in [0.15, 0.2) is 8.32 Å². The summed E-state index contributed by atoms with van der Waals surface area (Å²) in [5.41, 5.74) is 2.03. The van der Waals surface area contributed by atoms with E-state index in [4.69, 9.17) is 9.16 Å². The number of rotatable bonds is 6. The minimum absolute atomic E-state index is 0.111. The van der Waals surface area contributed by atoms with Crippen molar-refractivity contribution < 1.29 is 9.16 Å². The summed E-state index contributed by atoms with van der Waals surface area (Å²) in [6.45, 7) is 13.8. The van der Waals surface area contributed by atoms with E-state index in [9.17, 15) is 0 Å². The van der Waals surface area contributed by atoms with Gasteiger partial charge in [-0.25, -0.2) is 0 Å². The van der Waals surface area contributed by atoms with Gasteiger partial charge in [0.05, 0.1) is 12.7 Å². The van der Waals surface area contributed by atoms with Crippen molar-refractivity contribution in [2.24, 2.45) is 0 Å². The second-order valence-electron chi connectivity index (χ2n) is 8.31. The second-order valence-corrected chi connectivity index (χ2v) is 13.1. The van der Waals surface area contributed by atoms with E-state index in [2.05, 4.69) is 62.8 Å². The summed E-state index contributed by atoms with van der Waals surface area (Å²) in [7, 11) is -1.98. The van der Waals surface area contributed by atoms with Crippen molar-refractivity contribution in [1.82, 2.24) is 4.98 Å². The minimum atomic E-state index is -1.98. The van der Waals surface area contributed by atoms with Crippen molar-refractivity contribution in [2.75, 3.05) is 0 Å². The number of ether oxygens (including phenoxy) is 1. The van der Waals surface area contributed by atoms with Gasteiger partial charge in [-0.3, -0.25) is 4.98 Å². The van der Waals surface area contributed by atoms with Crippen LogP contribution in [0.3, 0.4) is 0 Å². The molecule has 1 aromatic carbocycles. The topological polar surface area (TPSA) is 31.4 Å². The van der Waals surface area contributed by atoms with Gasteiger partial charge in [-0.15, -0.1) is 0 Å². The molecule has 2 rings (SSSR count). The maximum atomic E-state index is 6.59. The fourth-order valence-corrected chi connectivity index (χ4v) is 3.46. The zero-order chi connectivity index (χ0) is 19.9. The van der Waals surface area contributed by atoms with Crippen LogP contribution >= 0.6 is 0 Å². The lowest BCUT2D eigenvalue weighted by Gasteiger charge is -2.39. The molecule has 0 bridgehead atoms. The summed E-state index contributed by atoms with van der Waals surface area (Å²) in [6.07, 6.45) is 3.10. The fourth-order valence-electron chi connectivity index (χ4n) is 2.22. The molecule has 1 aromatic heterocycles. The Labute approximate surface area is 165 Å². The van der Waals surface area contributed by atoms with Gasteiger partial charge in [-0.2, -0.15) is 0 Å². The van der Waals surface area contributed by atoms with Crippen LogP contribution in [-0.4, -0.2) is 25.5 Å². The number of aromatic nitrogens is 1. The molecule has 0 aliphatic heterocycles. The monoisotopic (exact) mass is 381 g/mol. The Kier molecular flexibility index (Phi) is 7.38. The largest absolute Gasteiger partial charge is 0.401 e. The molecule has 0 radical (unpaired) electrons. The molecule has 2 atom stereocenters. The number of nitrogens with zero attached hydrogens (tertiary/aromatic N) is 1. The Morgan fingerprint density at radius 3 is 2.37 bits per heavy atom. The lowest BCUT2D eigenvalue weighted by molar-refractivity contribution is -0.00692. The van der Waals surface area contributed by atoms with Crippen molar-refractivity contribution in [3.05, 3.63) is 66.0 Å². The van der Waals surface area contributed by atoms with Crippen LogP contribution in [0, 0.1) is 11.8 Å². The second kappa shape index (κ2) is 9.32. The summed E-state index contributed by atoms with van der Waals surface area (Å²) in [4.78, 5) is 4.13. The highest BCUT2D eigenvalue weighted by molar-refractivity contribution is 6.74. The number of hydrogen-bond acceptors (Lipinski definition) is 3. The third kappa shape index (κ3) is 6.62. The van der Waals surface area contributed by atoms with Crippen LogP contribution in [0.4, 0.5) is 0 Å². The summed E-state index contributed by atoms with van der Waals surface area (Å²) in [5, 5.41) is 0.111. The van der Waals surface area contributed by atoms with Gasteiger partial charge in [0.2, 0.25) is 0 Å². The van der Waals surface area contributed by atoms with Gasteiger partial charge in [0.25, 0.3) is 0 Å². The molecule has 0 fully saturated rings. The zero-order valence-electron chi connectivity index (χ0n) is 17.3. The molecule has 1 heterocycles. The van der Waals surface area contributed by atoms with E-state index < -0.39 is 8.32 Å². The van der Waals surface area contributed by atoms with Gasteiger partial charge in [0, 0.05) is 18.0 Å². The summed E-state index contributed by atoms with van der Waals surface area (Å²) < 4.78 is 12.7. The standard InChI is InChI=1S/C23H31NO2Si/c1-19(25-18-21-11-8-7-9-12-21)22(26-27(5,6)23(2,3)4)15-14-20-13-10-16-24-17-20/h7-13,16-17,19,22H,18H2,1-6H3. The molecule has 2 aromatic rings. The Morgan fingerprint density at radius 1 is 1.07 bits per heavy atom. The Balaban J connectivity index is 2.16. The molecule has 0 saturated carbocycles. The summed E-state index contributed by atoms with van der Waals surface area (Å²) in [6, 6.07) is 14.0. The smallest absolute Gasteiger partial charge is 0.193 e. The van der Waals surface area contributed by atoms with Crippen molar-refractivity contribution in [3.8, 4) is 11.8 Å². The predicted molar refractivity (Wildman–Crippen MR) is 114 cm³/mol. The Morgan fingerprint density at radius 2 is 1.78 bits per heavy atom. The van der Waals surface area contributed by atoms with Crippen LogP contribution in [0.2, 0.25) is 18.1 Å². The predicted octanol–water partition coefficient (Wildman–Crippen LogP) is 5.43. The maximum absolute atomic E-state index is 6.59. The quantitative estimate of drug-likeness (QED) is 0.494. The van der Waals surface area contributed by atoms with Crippen LogP contribution in [0.25, 0.3) is 0 Å². The molecule has 3 nitrogen and oxygen atoms in total. The molecule has 0 saturated heterocycles. The van der Waals surface area contributed by atoms with Crippen LogP contribution in [0.5, 0.6) is 0 Å². The van der Waals surface area contributed by atoms with E-state index in [0.717, 1.165) is 11.1 Å². The molecule has 0 N–H and O–H groups in total. The average Bonchev–Trinajstić information content (AvgIpc) is 2.64. The number of benzene rings is 1. The Bertz CT molecular complexity index is 758. The molecule has 4 heteroatoms. The van der Waals surface area contributed by atoms with Gasteiger partial charge in [-0.05, 0) is 42.8 Å². The maximum Gasteiger partial charge on any atom is 0.193 e. The SMILES string of the molecule is CC(OCc1ccccc1)C(C#Cc1cccnc1)O[Si](C)(C)C(C)(C)C. The van der Waals surface area contributed by atoms with Crippen molar-refractivity contribution in [3.63, 3.8) is 0 Å². The lowest BCUT2D eigenvalue weighted by atomic mass is 10.2. The summed E-state index contributed by atoms with van der Waals surface area (Å²) >= 11 is 0. The third-order valence-electron chi connectivity index (χ3n) is 5.03. The van der Waals surface area contributed by atoms with E-state index >= 15 is 0 Å². The first-order chi connectivity index (χ1) is 12.7. The number of pyridine rings is 1. The zero-order valence-corrected chi connectivity index (χ0v) is 18.3. The molecular formula is C23H31NO2Si. The molecule has 0 amide bonds. The van der Waals surface area contributed by atoms with Gasteiger partial charge in [0.1, 0.15) is 6.10 Å². The van der Waals surface area contributed by atoms with Crippen molar-refractivity contribution in [1.29, 1.82) is 0 Å². The van der Waals surface area contributed by atoms with Crippen LogP contribution in [-0.2, 0) is 15.8 Å². The van der Waals surface area contributed by atoms with E-state index in [1.54, 1.807) is 12.4 Å². The van der Waals surface area contributed by atoms with Crippen LogP contribution in [0.15, 0.2) is 54.9 Å². The molecule has 0 spiro atoms. The van der Waals surface area contributed by atoms with E-state index in [-0.39, 0.29) is 17.2 Å². The number of hydrogen-bond donors (Lipinski definition) is 0. The van der Waals surface area contributed by atoms with Crippen molar-refractivity contribution >= 4 is 8.32 Å². The average molecular weight is 382 g/mol. The van der Waals surface area contributed by atoms with Gasteiger partial charge >= 0.3 is 0 Å². The van der Waals surface area contributed by atoms with E-state index in [1.807, 2.05) is 37.3 Å². The molecule has 0 aliphatic rings. The molecule has 144 valence electrons. The summed E-state index contributed by atoms with van der Waals surface area (Å²) in [5.74, 6) is 6.50. The molecule has 0 aliphatic carbocycles. The molecule has 2 unspecified atom stereocenters. The first-order valence-corrected chi connectivity index (χ1v) is 12.3. The normalized spacial score (nSPS) is 14.1. The van der Waals surface area contributed by atoms with E-state index in [0.29, 0.717) is 6.61 Å². The fraction of sp³-hybridized carbons (Fsp3) is 0.435. The molecular weight excluding hydrogens is 350 g/mol. The van der Waals surface area contributed by atoms with Crippen LogP contribution < -0.4 is 0 Å². The third-order valence-corrected chi connectivity index (χ3v) is 9.49. The first-order valence-electron chi connectivity index (χ1n) is 9.44. The molecule has 27 heavy (non-hydrogen) atoms. The van der Waals surface area contributed by atoms with E-state index in [1.165, 1.54) is 0 Å².